The summed E-state index contributed by atoms with van der Waals surface area (Å²) >= 11 is 4.48. The van der Waals surface area contributed by atoms with Crippen molar-refractivity contribution in [2.24, 2.45) is 0 Å². The lowest BCUT2D eigenvalue weighted by molar-refractivity contribution is 0.172. The Kier molecular flexibility index (Phi) is 14.9. The molecule has 68 heavy (non-hydrogen) atoms. The van der Waals surface area contributed by atoms with Crippen LogP contribution in [0.5, 0.6) is 23.0 Å². The van der Waals surface area contributed by atoms with Crippen molar-refractivity contribution < 1.29 is 28.5 Å². The first kappa shape index (κ1) is 47.1. The second kappa shape index (κ2) is 21.6. The first-order valence-electron chi connectivity index (χ1n) is 22.5. The van der Waals surface area contributed by atoms with Crippen LogP contribution in [0.1, 0.15) is 16.7 Å². The number of hydrogen-bond acceptors (Lipinski definition) is 12. The van der Waals surface area contributed by atoms with Gasteiger partial charge in [-0.3, -0.25) is 25.1 Å². The summed E-state index contributed by atoms with van der Waals surface area (Å²) in [7, 11) is 5.05. The number of pyridine rings is 2. The molecule has 2 saturated heterocycles. The van der Waals surface area contributed by atoms with Gasteiger partial charge in [0.05, 0.1) is 25.6 Å². The molecule has 0 aliphatic carbocycles. The van der Waals surface area contributed by atoms with Crippen LogP contribution >= 0.6 is 45.2 Å². The van der Waals surface area contributed by atoms with E-state index in [-0.39, 0.29) is 0 Å². The lowest BCUT2D eigenvalue weighted by Crippen LogP contribution is -2.46. The molecule has 7 aromatic rings. The summed E-state index contributed by atoms with van der Waals surface area (Å²) in [6.45, 7) is 8.54. The van der Waals surface area contributed by atoms with Gasteiger partial charge in [0, 0.05) is 114 Å². The first-order valence-corrected chi connectivity index (χ1v) is 24.7. The number of carbonyl (C=O) groups excluding carboxylic acids is 2. The van der Waals surface area contributed by atoms with Crippen molar-refractivity contribution >= 4 is 96.2 Å². The fraction of sp³-hybridized carbons (Fsp3) is 0.269. The van der Waals surface area contributed by atoms with E-state index in [1.807, 2.05) is 72.9 Å². The standard InChI is InChI=1S/C52H52I2N8O6/c1-58(2)52(64)68-50-42(54)29-36(39-14-11-19-55-47(39)50)32-59-22-26-62(27-23-59)44-16-8-10-18-46(44)66-34-35-28-40-37(33-60-20-24-61(25-21-60)43-15-7-9-17-45(43)65-3)30-41(53)49(48(40)56-31-35)67-51(63)57-38-12-5-4-6-13-38/h4-19,28-31H,20-27,32-34H2,1-3H3,(H,57,63). The molecule has 2 aliphatic heterocycles. The highest BCUT2D eigenvalue weighted by molar-refractivity contribution is 14.1. The Labute approximate surface area is 423 Å². The van der Waals surface area contributed by atoms with Gasteiger partial charge < -0.3 is 33.6 Å². The third-order valence-electron chi connectivity index (χ3n) is 12.2. The molecular weight excluding hydrogens is 1090 g/mol. The average molecular weight is 1140 g/mol. The van der Waals surface area contributed by atoms with E-state index in [2.05, 4.69) is 118 Å². The van der Waals surface area contributed by atoms with E-state index >= 15 is 0 Å². The number of fused-ring (bicyclic) bond motifs is 2. The van der Waals surface area contributed by atoms with Crippen molar-refractivity contribution in [3.8, 4) is 23.0 Å². The second-order valence-corrected chi connectivity index (χ2v) is 19.3. The summed E-state index contributed by atoms with van der Waals surface area (Å²) in [6.07, 6.45) is 2.53. The largest absolute Gasteiger partial charge is 0.495 e. The van der Waals surface area contributed by atoms with Gasteiger partial charge in [0.15, 0.2) is 11.5 Å². The Balaban J connectivity index is 0.904. The van der Waals surface area contributed by atoms with Gasteiger partial charge in [-0.05, 0) is 117 Å². The highest BCUT2D eigenvalue weighted by Gasteiger charge is 2.25. The Morgan fingerprint density at radius 2 is 1.21 bits per heavy atom. The maximum atomic E-state index is 13.2. The molecule has 9 rings (SSSR count). The maximum Gasteiger partial charge on any atom is 0.417 e. The normalized spacial score (nSPS) is 14.5. The molecule has 1 N–H and O–H groups in total. The molecule has 2 fully saturated rings. The fourth-order valence-electron chi connectivity index (χ4n) is 8.74. The Bertz CT molecular complexity index is 2930. The van der Waals surface area contributed by atoms with Crippen molar-refractivity contribution in [1.29, 1.82) is 0 Å². The molecule has 0 bridgehead atoms. The molecule has 350 valence electrons. The first-order chi connectivity index (χ1) is 33.1. The lowest BCUT2D eigenvalue weighted by atomic mass is 10.0. The third-order valence-corrected chi connectivity index (χ3v) is 13.8. The van der Waals surface area contributed by atoms with Gasteiger partial charge in [-0.25, -0.2) is 9.59 Å². The van der Waals surface area contributed by atoms with Gasteiger partial charge in [0.1, 0.15) is 29.1 Å². The molecule has 5 aromatic carbocycles. The predicted molar refractivity (Wildman–Crippen MR) is 283 cm³/mol. The Morgan fingerprint density at radius 3 is 1.84 bits per heavy atom. The van der Waals surface area contributed by atoms with Gasteiger partial charge in [-0.15, -0.1) is 0 Å². The molecule has 16 heteroatoms. The molecule has 0 atom stereocenters. The smallest absolute Gasteiger partial charge is 0.417 e. The number of nitrogens with zero attached hydrogens (tertiary/aromatic N) is 7. The Morgan fingerprint density at radius 1 is 0.647 bits per heavy atom. The molecule has 2 amide bonds. The van der Waals surface area contributed by atoms with Crippen LogP contribution in [-0.4, -0.2) is 110 Å². The SMILES string of the molecule is COc1ccccc1N1CCN(Cc2cc(I)c(OC(=O)Nc3ccccc3)c3ncc(COc4ccccc4N4CCN(Cc5cc(I)c(OC(=O)N(C)C)c6ncccc56)CC4)cc23)CC1. The number of piperazine rings is 2. The van der Waals surface area contributed by atoms with Crippen molar-refractivity contribution in [2.45, 2.75) is 19.7 Å². The lowest BCUT2D eigenvalue weighted by Gasteiger charge is -2.37. The van der Waals surface area contributed by atoms with Crippen LogP contribution < -0.4 is 34.1 Å². The Hall–Kier alpha value is -5.96. The number of amides is 2. The number of methoxy groups -OCH3 is 1. The molecular formula is C52H52I2N8O6. The van der Waals surface area contributed by atoms with Crippen LogP contribution in [0.2, 0.25) is 0 Å². The minimum atomic E-state index is -0.582. The quantitative estimate of drug-likeness (QED) is 0.111. The summed E-state index contributed by atoms with van der Waals surface area (Å²) in [5.41, 5.74) is 7.23. The monoisotopic (exact) mass is 1140 g/mol. The number of benzene rings is 5. The van der Waals surface area contributed by atoms with E-state index in [4.69, 9.17) is 23.9 Å². The van der Waals surface area contributed by atoms with Crippen LogP contribution in [0.3, 0.4) is 0 Å². The third kappa shape index (κ3) is 10.8. The molecule has 4 heterocycles. The molecule has 14 nitrogen and oxygen atoms in total. The summed E-state index contributed by atoms with van der Waals surface area (Å²) in [5, 5.41) is 4.73. The number of carbonyl (C=O) groups is 2. The molecule has 2 aliphatic rings. The highest BCUT2D eigenvalue weighted by Crippen LogP contribution is 2.37. The van der Waals surface area contributed by atoms with Gasteiger partial charge in [0.25, 0.3) is 0 Å². The predicted octanol–water partition coefficient (Wildman–Crippen LogP) is 9.90. The van der Waals surface area contributed by atoms with Crippen molar-refractivity contribution in [3.05, 3.63) is 145 Å². The number of nitrogens with one attached hydrogen (secondary N) is 1. The number of anilines is 3. The van der Waals surface area contributed by atoms with Crippen molar-refractivity contribution in [1.82, 2.24) is 24.7 Å². The van der Waals surface area contributed by atoms with E-state index in [0.29, 0.717) is 41.4 Å². The number of ether oxygens (including phenoxy) is 4. The number of hydrogen-bond donors (Lipinski definition) is 1. The van der Waals surface area contributed by atoms with Gasteiger partial charge in [-0.1, -0.05) is 48.5 Å². The maximum absolute atomic E-state index is 13.2. The van der Waals surface area contributed by atoms with Crippen LogP contribution in [0.25, 0.3) is 21.8 Å². The molecule has 0 unspecified atom stereocenters. The molecule has 0 radical (unpaired) electrons. The zero-order valence-corrected chi connectivity index (χ0v) is 42.5. The van der Waals surface area contributed by atoms with Crippen LogP contribution in [0.4, 0.5) is 26.7 Å². The van der Waals surface area contributed by atoms with Crippen molar-refractivity contribution in [3.63, 3.8) is 0 Å². The van der Waals surface area contributed by atoms with Gasteiger partial charge in [-0.2, -0.15) is 0 Å². The van der Waals surface area contributed by atoms with Crippen LogP contribution in [0, 0.1) is 7.14 Å². The van der Waals surface area contributed by atoms with E-state index in [0.717, 1.165) is 116 Å². The van der Waals surface area contributed by atoms with Gasteiger partial charge >= 0.3 is 12.2 Å². The minimum absolute atomic E-state index is 0.299. The molecule has 2 aromatic heterocycles. The second-order valence-electron chi connectivity index (χ2n) is 16.9. The minimum Gasteiger partial charge on any atom is -0.495 e. The number of aromatic nitrogens is 2. The number of para-hydroxylation sites is 5. The molecule has 0 spiro atoms. The van der Waals surface area contributed by atoms with Crippen LogP contribution in [0.15, 0.2) is 122 Å². The summed E-state index contributed by atoms with van der Waals surface area (Å²) < 4.78 is 25.7. The van der Waals surface area contributed by atoms with Crippen molar-refractivity contribution in [2.75, 3.05) is 88.7 Å². The zero-order chi connectivity index (χ0) is 47.1. The zero-order valence-electron chi connectivity index (χ0n) is 38.2. The van der Waals surface area contributed by atoms with Gasteiger partial charge in [0.2, 0.25) is 0 Å². The van der Waals surface area contributed by atoms with E-state index in [1.54, 1.807) is 27.4 Å². The summed E-state index contributed by atoms with van der Waals surface area (Å²) in [6, 6.07) is 35.9. The average Bonchev–Trinajstić information content (AvgIpc) is 3.36. The van der Waals surface area contributed by atoms with E-state index < -0.39 is 12.2 Å². The van der Waals surface area contributed by atoms with E-state index in [9.17, 15) is 9.59 Å². The number of rotatable bonds is 13. The van der Waals surface area contributed by atoms with Crippen LogP contribution in [-0.2, 0) is 19.7 Å². The summed E-state index contributed by atoms with van der Waals surface area (Å²) in [5.74, 6) is 2.58. The fourth-order valence-corrected chi connectivity index (χ4v) is 10.2. The number of halogens is 2. The summed E-state index contributed by atoms with van der Waals surface area (Å²) in [4.78, 5) is 46.4. The molecule has 0 saturated carbocycles. The highest BCUT2D eigenvalue weighted by atomic mass is 127. The topological polar surface area (TPSA) is 125 Å². The van der Waals surface area contributed by atoms with E-state index in [1.165, 1.54) is 4.90 Å².